The van der Waals surface area contributed by atoms with E-state index in [0.29, 0.717) is 6.04 Å². The summed E-state index contributed by atoms with van der Waals surface area (Å²) in [5, 5.41) is 3.65. The summed E-state index contributed by atoms with van der Waals surface area (Å²) in [6, 6.07) is 0.623. The first kappa shape index (κ1) is 13.8. The fourth-order valence-corrected chi connectivity index (χ4v) is 3.49. The Kier molecular flexibility index (Phi) is 4.51. The molecule has 1 aromatic rings. The minimum absolute atomic E-state index is 0.623. The number of hydrogen-bond donors (Lipinski definition) is 1. The van der Waals surface area contributed by atoms with Gasteiger partial charge in [0, 0.05) is 30.4 Å². The Hall–Kier alpha value is -1.16. The number of aryl methyl sites for hydroxylation is 1. The Morgan fingerprint density at radius 1 is 1.20 bits per heavy atom. The summed E-state index contributed by atoms with van der Waals surface area (Å²) in [7, 11) is 0. The summed E-state index contributed by atoms with van der Waals surface area (Å²) < 4.78 is 0. The van der Waals surface area contributed by atoms with Gasteiger partial charge in [-0.25, -0.2) is 9.97 Å². The fourth-order valence-electron chi connectivity index (χ4n) is 3.49. The number of aromatic nitrogens is 2. The van der Waals surface area contributed by atoms with Crippen LogP contribution in [-0.2, 0) is 12.8 Å². The Balaban J connectivity index is 1.78. The standard InChI is InChI=1S/C16H26N4/c1-2-20(11-13-7-5-6-10-17-13)16-14-8-3-4-9-15(14)18-12-19-16/h12-13,17H,2-11H2,1H3. The van der Waals surface area contributed by atoms with Gasteiger partial charge in [0.05, 0.1) is 0 Å². The van der Waals surface area contributed by atoms with Crippen LogP contribution in [0.15, 0.2) is 6.33 Å². The maximum Gasteiger partial charge on any atom is 0.135 e. The molecule has 0 bridgehead atoms. The predicted octanol–water partition coefficient (Wildman–Crippen LogP) is 2.32. The molecule has 1 aliphatic carbocycles. The number of nitrogens with zero attached hydrogens (tertiary/aromatic N) is 3. The molecule has 0 saturated carbocycles. The molecule has 3 rings (SSSR count). The lowest BCUT2D eigenvalue weighted by Gasteiger charge is -2.32. The zero-order valence-corrected chi connectivity index (χ0v) is 12.6. The number of fused-ring (bicyclic) bond motifs is 1. The number of anilines is 1. The summed E-state index contributed by atoms with van der Waals surface area (Å²) >= 11 is 0. The number of hydrogen-bond acceptors (Lipinski definition) is 4. The first-order chi connectivity index (χ1) is 9.88. The third-order valence-corrected chi connectivity index (χ3v) is 4.64. The van der Waals surface area contributed by atoms with E-state index < -0.39 is 0 Å². The molecule has 0 radical (unpaired) electrons. The molecule has 20 heavy (non-hydrogen) atoms. The van der Waals surface area contributed by atoms with Crippen LogP contribution in [0.1, 0.15) is 50.3 Å². The molecule has 1 unspecified atom stereocenters. The molecule has 1 saturated heterocycles. The minimum Gasteiger partial charge on any atom is -0.355 e. The van der Waals surface area contributed by atoms with E-state index in [4.69, 9.17) is 0 Å². The Morgan fingerprint density at radius 3 is 2.90 bits per heavy atom. The molecule has 2 heterocycles. The van der Waals surface area contributed by atoms with E-state index in [1.807, 2.05) is 0 Å². The quantitative estimate of drug-likeness (QED) is 0.915. The van der Waals surface area contributed by atoms with Crippen LogP contribution in [0.5, 0.6) is 0 Å². The van der Waals surface area contributed by atoms with Crippen LogP contribution >= 0.6 is 0 Å². The normalized spacial score (nSPS) is 22.4. The average Bonchev–Trinajstić information content (AvgIpc) is 2.53. The molecule has 4 heteroatoms. The molecule has 1 fully saturated rings. The molecule has 1 N–H and O–H groups in total. The van der Waals surface area contributed by atoms with Crippen molar-refractivity contribution in [1.82, 2.24) is 15.3 Å². The van der Waals surface area contributed by atoms with Crippen molar-refractivity contribution < 1.29 is 0 Å². The van der Waals surface area contributed by atoms with Crippen LogP contribution in [0.2, 0.25) is 0 Å². The van der Waals surface area contributed by atoms with Crippen LogP contribution in [0.3, 0.4) is 0 Å². The largest absolute Gasteiger partial charge is 0.355 e. The maximum atomic E-state index is 4.62. The molecule has 2 aliphatic rings. The predicted molar refractivity (Wildman–Crippen MR) is 82.2 cm³/mol. The van der Waals surface area contributed by atoms with E-state index in [1.165, 1.54) is 55.7 Å². The van der Waals surface area contributed by atoms with Crippen LogP contribution in [0.25, 0.3) is 0 Å². The van der Waals surface area contributed by atoms with Crippen molar-refractivity contribution in [1.29, 1.82) is 0 Å². The molecular formula is C16H26N4. The molecule has 110 valence electrons. The molecule has 0 spiro atoms. The first-order valence-electron chi connectivity index (χ1n) is 8.19. The van der Waals surface area contributed by atoms with Crippen molar-refractivity contribution >= 4 is 5.82 Å². The summed E-state index contributed by atoms with van der Waals surface area (Å²) in [5.74, 6) is 1.20. The number of piperidine rings is 1. The van der Waals surface area contributed by atoms with Gasteiger partial charge in [-0.3, -0.25) is 0 Å². The monoisotopic (exact) mass is 274 g/mol. The van der Waals surface area contributed by atoms with Gasteiger partial charge in [-0.05, 0) is 52.0 Å². The van der Waals surface area contributed by atoms with E-state index in [-0.39, 0.29) is 0 Å². The summed E-state index contributed by atoms with van der Waals surface area (Å²) in [4.78, 5) is 11.6. The van der Waals surface area contributed by atoms with E-state index in [1.54, 1.807) is 6.33 Å². The van der Waals surface area contributed by atoms with Crippen LogP contribution < -0.4 is 10.2 Å². The summed E-state index contributed by atoms with van der Waals surface area (Å²) in [6.07, 6.45) is 10.6. The average molecular weight is 274 g/mol. The number of rotatable bonds is 4. The van der Waals surface area contributed by atoms with Gasteiger partial charge in [0.1, 0.15) is 12.1 Å². The molecule has 4 nitrogen and oxygen atoms in total. The first-order valence-corrected chi connectivity index (χ1v) is 8.19. The number of likely N-dealkylation sites (N-methyl/N-ethyl adjacent to an activating group) is 1. The summed E-state index contributed by atoms with van der Waals surface area (Å²) in [6.45, 7) is 5.52. The third kappa shape index (κ3) is 2.95. The van der Waals surface area contributed by atoms with E-state index >= 15 is 0 Å². The molecule has 0 aromatic carbocycles. The highest BCUT2D eigenvalue weighted by Crippen LogP contribution is 2.27. The summed E-state index contributed by atoms with van der Waals surface area (Å²) in [5.41, 5.74) is 2.70. The number of nitrogens with one attached hydrogen (secondary N) is 1. The van der Waals surface area contributed by atoms with Crippen molar-refractivity contribution in [3.05, 3.63) is 17.6 Å². The third-order valence-electron chi connectivity index (χ3n) is 4.64. The van der Waals surface area contributed by atoms with Gasteiger partial charge in [-0.1, -0.05) is 6.42 Å². The lowest BCUT2D eigenvalue weighted by molar-refractivity contribution is 0.399. The Morgan fingerprint density at radius 2 is 2.10 bits per heavy atom. The highest BCUT2D eigenvalue weighted by molar-refractivity contribution is 5.49. The van der Waals surface area contributed by atoms with Gasteiger partial charge in [-0.15, -0.1) is 0 Å². The van der Waals surface area contributed by atoms with Crippen molar-refractivity contribution in [2.75, 3.05) is 24.5 Å². The van der Waals surface area contributed by atoms with Crippen molar-refractivity contribution in [2.45, 2.75) is 57.9 Å². The second-order valence-corrected chi connectivity index (χ2v) is 6.02. The second kappa shape index (κ2) is 6.53. The molecule has 1 aromatic heterocycles. The highest BCUT2D eigenvalue weighted by atomic mass is 15.2. The lowest BCUT2D eigenvalue weighted by Crippen LogP contribution is -2.44. The zero-order valence-electron chi connectivity index (χ0n) is 12.6. The topological polar surface area (TPSA) is 41.0 Å². The van der Waals surface area contributed by atoms with Gasteiger partial charge >= 0.3 is 0 Å². The van der Waals surface area contributed by atoms with Crippen LogP contribution in [0, 0.1) is 0 Å². The molecule has 1 aliphatic heterocycles. The van der Waals surface area contributed by atoms with E-state index in [9.17, 15) is 0 Å². The zero-order chi connectivity index (χ0) is 13.8. The molecular weight excluding hydrogens is 248 g/mol. The van der Waals surface area contributed by atoms with Gasteiger partial charge < -0.3 is 10.2 Å². The highest BCUT2D eigenvalue weighted by Gasteiger charge is 2.22. The van der Waals surface area contributed by atoms with Gasteiger partial charge in [-0.2, -0.15) is 0 Å². The van der Waals surface area contributed by atoms with Crippen molar-refractivity contribution in [3.63, 3.8) is 0 Å². The SMILES string of the molecule is CCN(CC1CCCCN1)c1ncnc2c1CCCC2. The lowest BCUT2D eigenvalue weighted by atomic mass is 9.96. The van der Waals surface area contributed by atoms with Gasteiger partial charge in [0.2, 0.25) is 0 Å². The molecule has 0 amide bonds. The fraction of sp³-hybridized carbons (Fsp3) is 0.750. The smallest absolute Gasteiger partial charge is 0.135 e. The van der Waals surface area contributed by atoms with Gasteiger partial charge in [0.15, 0.2) is 0 Å². The Labute approximate surface area is 122 Å². The Bertz CT molecular complexity index is 440. The van der Waals surface area contributed by atoms with Crippen LogP contribution in [0.4, 0.5) is 5.82 Å². The van der Waals surface area contributed by atoms with Crippen molar-refractivity contribution in [2.24, 2.45) is 0 Å². The maximum absolute atomic E-state index is 4.62. The van der Waals surface area contributed by atoms with E-state index in [2.05, 4.69) is 27.1 Å². The van der Waals surface area contributed by atoms with Crippen LogP contribution in [-0.4, -0.2) is 35.6 Å². The van der Waals surface area contributed by atoms with Crippen molar-refractivity contribution in [3.8, 4) is 0 Å². The van der Waals surface area contributed by atoms with Gasteiger partial charge in [0.25, 0.3) is 0 Å². The van der Waals surface area contributed by atoms with E-state index in [0.717, 1.165) is 25.9 Å². The minimum atomic E-state index is 0.623. The molecule has 1 atom stereocenters. The second-order valence-electron chi connectivity index (χ2n) is 6.02.